The van der Waals surface area contributed by atoms with Crippen LogP contribution in [0.2, 0.25) is 0 Å². The summed E-state index contributed by atoms with van der Waals surface area (Å²) in [4.78, 5) is 15.0. The summed E-state index contributed by atoms with van der Waals surface area (Å²) in [6, 6.07) is 19.6. The fraction of sp³-hybridized carbons (Fsp3) is 0.240. The third-order valence-corrected chi connectivity index (χ3v) is 5.33. The van der Waals surface area contributed by atoms with Crippen molar-refractivity contribution in [3.63, 3.8) is 0 Å². The molecule has 1 heterocycles. The number of hydrogen-bond donors (Lipinski definition) is 1. The summed E-state index contributed by atoms with van der Waals surface area (Å²) in [6.07, 6.45) is 0.520. The average molecular weight is 420 g/mol. The molecule has 0 radical (unpaired) electrons. The molecule has 31 heavy (non-hydrogen) atoms. The SMILES string of the molecule is CCCN1C(=O)c2ccccc2NC1c1ccc(OC)c(COc2ccccc2F)c1. The number of benzene rings is 3. The van der Waals surface area contributed by atoms with Gasteiger partial charge < -0.3 is 19.7 Å². The third-order valence-electron chi connectivity index (χ3n) is 5.33. The van der Waals surface area contributed by atoms with Crippen molar-refractivity contribution in [1.82, 2.24) is 4.90 Å². The number of para-hydroxylation sites is 2. The Morgan fingerprint density at radius 3 is 2.58 bits per heavy atom. The third kappa shape index (κ3) is 4.19. The number of carbonyl (C=O) groups excluding carboxylic acids is 1. The first kappa shape index (κ1) is 20.7. The molecule has 0 spiro atoms. The van der Waals surface area contributed by atoms with Gasteiger partial charge in [0.25, 0.3) is 5.91 Å². The van der Waals surface area contributed by atoms with Crippen LogP contribution in [0.3, 0.4) is 0 Å². The number of methoxy groups -OCH3 is 1. The molecule has 1 atom stereocenters. The summed E-state index contributed by atoms with van der Waals surface area (Å²) in [6.45, 7) is 2.81. The molecule has 0 saturated carbocycles. The molecule has 160 valence electrons. The predicted octanol–water partition coefficient (Wildman–Crippen LogP) is 5.39. The Labute approximate surface area is 181 Å². The second kappa shape index (κ2) is 9.08. The highest BCUT2D eigenvalue weighted by molar-refractivity contribution is 6.01. The first-order chi connectivity index (χ1) is 15.1. The van der Waals surface area contributed by atoms with Crippen molar-refractivity contribution < 1.29 is 18.7 Å². The Kier molecular flexibility index (Phi) is 6.07. The van der Waals surface area contributed by atoms with Crippen LogP contribution < -0.4 is 14.8 Å². The van der Waals surface area contributed by atoms with Gasteiger partial charge in [0.1, 0.15) is 18.5 Å². The molecule has 1 aliphatic heterocycles. The van der Waals surface area contributed by atoms with E-state index in [1.807, 2.05) is 54.3 Å². The topological polar surface area (TPSA) is 50.8 Å². The lowest BCUT2D eigenvalue weighted by Gasteiger charge is -2.38. The molecule has 0 aromatic heterocycles. The molecule has 1 N–H and O–H groups in total. The summed E-state index contributed by atoms with van der Waals surface area (Å²) in [5.41, 5.74) is 3.16. The number of nitrogens with one attached hydrogen (secondary N) is 1. The van der Waals surface area contributed by atoms with E-state index >= 15 is 0 Å². The van der Waals surface area contributed by atoms with E-state index in [1.54, 1.807) is 25.3 Å². The lowest BCUT2D eigenvalue weighted by Crippen LogP contribution is -2.43. The number of nitrogens with zero attached hydrogens (tertiary/aromatic N) is 1. The molecular weight excluding hydrogens is 395 g/mol. The van der Waals surface area contributed by atoms with E-state index in [-0.39, 0.29) is 24.4 Å². The van der Waals surface area contributed by atoms with Gasteiger partial charge in [0, 0.05) is 17.8 Å². The molecule has 1 amide bonds. The quantitative estimate of drug-likeness (QED) is 0.557. The Morgan fingerprint density at radius 1 is 1.03 bits per heavy atom. The minimum Gasteiger partial charge on any atom is -0.496 e. The Morgan fingerprint density at radius 2 is 1.81 bits per heavy atom. The first-order valence-corrected chi connectivity index (χ1v) is 10.3. The number of halogens is 1. The van der Waals surface area contributed by atoms with Crippen molar-refractivity contribution in [2.45, 2.75) is 26.1 Å². The van der Waals surface area contributed by atoms with Gasteiger partial charge in [-0.15, -0.1) is 0 Å². The monoisotopic (exact) mass is 420 g/mol. The van der Waals surface area contributed by atoms with Crippen molar-refractivity contribution in [1.29, 1.82) is 0 Å². The van der Waals surface area contributed by atoms with E-state index in [9.17, 15) is 9.18 Å². The van der Waals surface area contributed by atoms with E-state index in [0.717, 1.165) is 23.2 Å². The van der Waals surface area contributed by atoms with Gasteiger partial charge in [-0.05, 0) is 48.4 Å². The van der Waals surface area contributed by atoms with Gasteiger partial charge in [-0.1, -0.05) is 37.3 Å². The van der Waals surface area contributed by atoms with Crippen LogP contribution in [-0.4, -0.2) is 24.5 Å². The normalized spacial score (nSPS) is 15.3. The minimum atomic E-state index is -0.414. The molecule has 0 aliphatic carbocycles. The van der Waals surface area contributed by atoms with Crippen LogP contribution in [0.5, 0.6) is 11.5 Å². The van der Waals surface area contributed by atoms with Gasteiger partial charge in [-0.3, -0.25) is 4.79 Å². The molecule has 0 bridgehead atoms. The van der Waals surface area contributed by atoms with Crippen LogP contribution in [0.4, 0.5) is 10.1 Å². The molecule has 4 rings (SSSR count). The molecule has 0 fully saturated rings. The minimum absolute atomic E-state index is 0.00109. The highest BCUT2D eigenvalue weighted by Gasteiger charge is 2.32. The molecule has 1 aliphatic rings. The fourth-order valence-corrected chi connectivity index (χ4v) is 3.83. The average Bonchev–Trinajstić information content (AvgIpc) is 2.80. The number of anilines is 1. The largest absolute Gasteiger partial charge is 0.496 e. The summed E-state index contributed by atoms with van der Waals surface area (Å²) in [7, 11) is 1.59. The zero-order valence-corrected chi connectivity index (χ0v) is 17.6. The Hall–Kier alpha value is -3.54. The Bertz CT molecular complexity index is 1090. The predicted molar refractivity (Wildman–Crippen MR) is 118 cm³/mol. The van der Waals surface area contributed by atoms with Gasteiger partial charge >= 0.3 is 0 Å². The van der Waals surface area contributed by atoms with Crippen LogP contribution in [0.15, 0.2) is 66.7 Å². The fourth-order valence-electron chi connectivity index (χ4n) is 3.83. The van der Waals surface area contributed by atoms with Gasteiger partial charge in [0.15, 0.2) is 11.6 Å². The molecule has 1 unspecified atom stereocenters. The van der Waals surface area contributed by atoms with Crippen molar-refractivity contribution in [3.8, 4) is 11.5 Å². The van der Waals surface area contributed by atoms with Crippen molar-refractivity contribution in [2.75, 3.05) is 19.0 Å². The zero-order valence-electron chi connectivity index (χ0n) is 17.6. The molecule has 5 nitrogen and oxygen atoms in total. The second-order valence-electron chi connectivity index (χ2n) is 7.38. The van der Waals surface area contributed by atoms with Gasteiger partial charge in [-0.25, -0.2) is 4.39 Å². The highest BCUT2D eigenvalue weighted by Crippen LogP contribution is 2.35. The van der Waals surface area contributed by atoms with Crippen LogP contribution in [0, 0.1) is 5.82 Å². The smallest absolute Gasteiger partial charge is 0.257 e. The highest BCUT2D eigenvalue weighted by atomic mass is 19.1. The number of ether oxygens (including phenoxy) is 2. The number of amides is 1. The molecular formula is C25H25FN2O3. The van der Waals surface area contributed by atoms with Crippen LogP contribution >= 0.6 is 0 Å². The maximum absolute atomic E-state index is 14.0. The zero-order chi connectivity index (χ0) is 21.8. The lowest BCUT2D eigenvalue weighted by atomic mass is 10.0. The lowest BCUT2D eigenvalue weighted by molar-refractivity contribution is 0.0683. The van der Waals surface area contributed by atoms with Gasteiger partial charge in [0.05, 0.1) is 12.7 Å². The maximum atomic E-state index is 14.0. The summed E-state index contributed by atoms with van der Waals surface area (Å²) in [5.74, 6) is 0.413. The number of rotatable bonds is 7. The Balaban J connectivity index is 1.66. The summed E-state index contributed by atoms with van der Waals surface area (Å²) >= 11 is 0. The summed E-state index contributed by atoms with van der Waals surface area (Å²) in [5, 5.41) is 3.49. The van der Waals surface area contributed by atoms with Crippen LogP contribution in [0.1, 0.15) is 41.0 Å². The second-order valence-corrected chi connectivity index (χ2v) is 7.38. The first-order valence-electron chi connectivity index (χ1n) is 10.3. The standard InChI is InChI=1S/C25H25FN2O3/c1-3-14-28-24(27-21-10-6-4-8-19(21)25(28)29)17-12-13-22(30-2)18(15-17)16-31-23-11-7-5-9-20(23)26/h4-13,15,24,27H,3,14,16H2,1-2H3. The van der Waals surface area contributed by atoms with E-state index in [1.165, 1.54) is 6.07 Å². The van der Waals surface area contributed by atoms with Crippen LogP contribution in [0.25, 0.3) is 0 Å². The number of hydrogen-bond acceptors (Lipinski definition) is 4. The molecule has 6 heteroatoms. The molecule has 3 aromatic carbocycles. The number of fused-ring (bicyclic) bond motifs is 1. The van der Waals surface area contributed by atoms with E-state index in [0.29, 0.717) is 17.9 Å². The van der Waals surface area contributed by atoms with Gasteiger partial charge in [0.2, 0.25) is 0 Å². The maximum Gasteiger partial charge on any atom is 0.257 e. The van der Waals surface area contributed by atoms with Crippen molar-refractivity contribution in [2.24, 2.45) is 0 Å². The molecule has 3 aromatic rings. The summed E-state index contributed by atoms with van der Waals surface area (Å²) < 4.78 is 25.1. The number of carbonyl (C=O) groups is 1. The van der Waals surface area contributed by atoms with Crippen molar-refractivity contribution >= 4 is 11.6 Å². The molecule has 0 saturated heterocycles. The van der Waals surface area contributed by atoms with Crippen molar-refractivity contribution in [3.05, 3.63) is 89.2 Å². The van der Waals surface area contributed by atoms with E-state index < -0.39 is 5.82 Å². The van der Waals surface area contributed by atoms with Crippen LogP contribution in [-0.2, 0) is 6.61 Å². The van der Waals surface area contributed by atoms with E-state index in [4.69, 9.17) is 9.47 Å². The van der Waals surface area contributed by atoms with E-state index in [2.05, 4.69) is 5.32 Å². The van der Waals surface area contributed by atoms with Gasteiger partial charge in [-0.2, -0.15) is 0 Å².